The van der Waals surface area contributed by atoms with E-state index < -0.39 is 127 Å². The summed E-state index contributed by atoms with van der Waals surface area (Å²) in [5.74, 6) is -9.22. The summed E-state index contributed by atoms with van der Waals surface area (Å²) in [5, 5.41) is 27.5. The number of carboxylic acid groups (broad SMARTS) is 3. The van der Waals surface area contributed by atoms with Crippen molar-refractivity contribution in [3.8, 4) is 0 Å². The summed E-state index contributed by atoms with van der Waals surface area (Å²) in [6.45, 7) is 4.57. The van der Waals surface area contributed by atoms with E-state index in [9.17, 15) is 57.1 Å². The van der Waals surface area contributed by atoms with Gasteiger partial charge in [-0.25, -0.2) is 0 Å². The molecule has 0 saturated heterocycles. The summed E-state index contributed by atoms with van der Waals surface area (Å²) in [6, 6.07) is 0. The van der Waals surface area contributed by atoms with Crippen LogP contribution in [0.2, 0.25) is 0 Å². The lowest BCUT2D eigenvalue weighted by Crippen LogP contribution is -2.68. The fourth-order valence-corrected chi connectivity index (χ4v) is 7.43. The number of aliphatic carboxylic acids is 3. The molecule has 1 aliphatic rings. The summed E-state index contributed by atoms with van der Waals surface area (Å²) in [4.78, 5) is 104. The van der Waals surface area contributed by atoms with E-state index in [1.54, 1.807) is 0 Å². The molecule has 0 aromatic heterocycles. The maximum absolute atomic E-state index is 13.0. The highest BCUT2D eigenvalue weighted by Crippen LogP contribution is 2.54. The van der Waals surface area contributed by atoms with Crippen LogP contribution in [0.15, 0.2) is 0 Å². The fraction of sp³-hybridized carbons (Fsp3) is 0.750. The molecule has 21 nitrogen and oxygen atoms in total. The normalized spacial score (nSPS) is 26.1. The zero-order chi connectivity index (χ0) is 37.0. The Bertz CT molecular complexity index is 1260. The van der Waals surface area contributed by atoms with Gasteiger partial charge in [-0.3, -0.25) is 56.0 Å². The van der Waals surface area contributed by atoms with Gasteiger partial charge in [-0.1, -0.05) is 20.8 Å². The molecule has 0 radical (unpaired) electrons. The Morgan fingerprint density at radius 3 is 0.875 bits per heavy atom. The second-order valence-electron chi connectivity index (χ2n) is 10.4. The topological polar surface area (TPSA) is 330 Å². The van der Waals surface area contributed by atoms with Crippen LogP contribution in [0.4, 0.5) is 0 Å². The van der Waals surface area contributed by atoms with Crippen LogP contribution >= 0.6 is 22.8 Å². The maximum atomic E-state index is 13.0. The Labute approximate surface area is 273 Å². The minimum atomic E-state index is -5.51. The van der Waals surface area contributed by atoms with Crippen LogP contribution in [0, 0.1) is 0 Å². The van der Waals surface area contributed by atoms with Gasteiger partial charge in [0.15, 0.2) is 18.3 Å². The van der Waals surface area contributed by atoms with Crippen LogP contribution < -0.4 is 0 Å². The van der Waals surface area contributed by atoms with Crippen LogP contribution in [0.1, 0.15) is 59.3 Å². The van der Waals surface area contributed by atoms with Gasteiger partial charge in [0.25, 0.3) is 0 Å². The van der Waals surface area contributed by atoms with Crippen molar-refractivity contribution >= 4 is 58.6 Å². The van der Waals surface area contributed by atoms with Crippen molar-refractivity contribution in [1.82, 2.24) is 0 Å². The molecule has 276 valence electrons. The minimum absolute atomic E-state index is 0.114. The lowest BCUT2D eigenvalue weighted by atomic mass is 9.84. The summed E-state index contributed by atoms with van der Waals surface area (Å²) in [7, 11) is -16.4. The lowest BCUT2D eigenvalue weighted by Gasteiger charge is -2.48. The van der Waals surface area contributed by atoms with Gasteiger partial charge < -0.3 is 44.2 Å². The molecule has 0 spiro atoms. The Balaban J connectivity index is 4.25. The first-order valence-electron chi connectivity index (χ1n) is 14.3. The molecule has 48 heavy (non-hydrogen) atoms. The van der Waals surface area contributed by atoms with Gasteiger partial charge in [0, 0.05) is 19.3 Å². The van der Waals surface area contributed by atoms with Crippen LogP contribution in [0.25, 0.3) is 0 Å². The predicted octanol–water partition coefficient (Wildman–Crippen LogP) is 1.10. The van der Waals surface area contributed by atoms with Crippen molar-refractivity contribution in [3.05, 3.63) is 0 Å². The Kier molecular flexibility index (Phi) is 17.0. The van der Waals surface area contributed by atoms with Gasteiger partial charge in [-0.2, -0.15) is 0 Å². The van der Waals surface area contributed by atoms with Crippen LogP contribution in [-0.4, -0.2) is 121 Å². The number of hydrogen-bond acceptors (Lipinski definition) is 15. The van der Waals surface area contributed by atoms with E-state index in [0.717, 1.165) is 0 Å². The average molecular weight is 756 g/mol. The zero-order valence-electron chi connectivity index (χ0n) is 26.0. The van der Waals surface area contributed by atoms with Gasteiger partial charge in [0.1, 0.15) is 36.8 Å². The van der Waals surface area contributed by atoms with E-state index in [4.69, 9.17) is 43.1 Å². The lowest BCUT2D eigenvalue weighted by molar-refractivity contribution is -0.238. The van der Waals surface area contributed by atoms with E-state index in [0.29, 0.717) is 0 Å². The Morgan fingerprint density at radius 2 is 0.667 bits per heavy atom. The van der Waals surface area contributed by atoms with E-state index in [1.807, 2.05) is 0 Å². The maximum Gasteiger partial charge on any atom is 0.339 e. The molecule has 1 saturated carbocycles. The molecule has 0 aliphatic heterocycles. The monoisotopic (exact) mass is 756 g/mol. The summed E-state index contributed by atoms with van der Waals surface area (Å²) in [5.41, 5.74) is 0. The smallest absolute Gasteiger partial charge is 0.339 e. The largest absolute Gasteiger partial charge is 0.481 e. The van der Waals surface area contributed by atoms with Gasteiger partial charge >= 0.3 is 58.6 Å². The minimum Gasteiger partial charge on any atom is -0.481 e. The molecule has 9 atom stereocenters. The van der Waals surface area contributed by atoms with Gasteiger partial charge in [-0.05, 0) is 19.3 Å². The van der Waals surface area contributed by atoms with Gasteiger partial charge in [0.05, 0.1) is 0 Å². The third kappa shape index (κ3) is 14.8. The van der Waals surface area contributed by atoms with E-state index in [1.165, 1.54) is 20.8 Å². The third-order valence-corrected chi connectivity index (χ3v) is 9.70. The highest BCUT2D eigenvalue weighted by molar-refractivity contribution is 7.54. The number of hydrogen-bond donors (Lipinski definition) is 6. The second kappa shape index (κ2) is 18.9. The zero-order valence-corrected chi connectivity index (χ0v) is 28.7. The molecule has 0 heterocycles. The van der Waals surface area contributed by atoms with Gasteiger partial charge in [0.2, 0.25) is 0 Å². The Morgan fingerprint density at radius 1 is 0.458 bits per heavy atom. The molecular formula is C24H39O21P3. The fourth-order valence-electron chi connectivity index (χ4n) is 4.32. The van der Waals surface area contributed by atoms with E-state index in [2.05, 4.69) is 0 Å². The summed E-state index contributed by atoms with van der Waals surface area (Å²) >= 11 is 0. The standard InChI is InChI=1S/C24H39O21P3/c1-4-7-16(31)40-19-20(41-17(32)8-5-2)22(43-46(34,35)10-13(25)26)24(45-48(38,39)12-15(29)30)23(21(19)42-18(33)9-6-3)44-47(36,37)11-14(27)28/h19-24H,4-12H2,1-3H3,(H,25,26)(H,27,28)(H,29,30)(H,34,35)(H,36,37)(H,38,39)/t19-,20-,21+,22-,23-,24-/m0/s1. The van der Waals surface area contributed by atoms with Gasteiger partial charge in [-0.15, -0.1) is 0 Å². The first kappa shape index (κ1) is 43.3. The average Bonchev–Trinajstić information content (AvgIpc) is 2.88. The molecule has 1 rings (SSSR count). The highest BCUT2D eigenvalue weighted by Gasteiger charge is 2.62. The molecule has 0 amide bonds. The highest BCUT2D eigenvalue weighted by atomic mass is 31.2. The summed E-state index contributed by atoms with van der Waals surface area (Å²) < 4.78 is 70.3. The molecule has 0 aromatic rings. The summed E-state index contributed by atoms with van der Waals surface area (Å²) in [6.07, 6.45) is -20.5. The van der Waals surface area contributed by atoms with Crippen molar-refractivity contribution in [3.63, 3.8) is 0 Å². The van der Waals surface area contributed by atoms with Crippen molar-refractivity contribution in [2.45, 2.75) is 95.9 Å². The van der Waals surface area contributed by atoms with Crippen molar-refractivity contribution < 1.29 is 100 Å². The third-order valence-electron chi connectivity index (χ3n) is 5.97. The molecule has 1 fully saturated rings. The SMILES string of the molecule is CCCC(=O)O[C@@H]1[C@@H](OC(=O)CCC)[C@H](OP(=O)(O)CC(=O)O)[C@@H](OP(=O)(O)CC(=O)O)[C@@H](OP(=O)(O)CC(=O)O)[C@H]1OC(=O)CCC. The number of esters is 3. The molecule has 24 heteroatoms. The van der Waals surface area contributed by atoms with Crippen LogP contribution in [-0.2, 0) is 70.2 Å². The van der Waals surface area contributed by atoms with Crippen LogP contribution in [0.3, 0.4) is 0 Å². The number of carbonyl (C=O) groups is 6. The quantitative estimate of drug-likeness (QED) is 0.0542. The molecule has 0 aromatic carbocycles. The predicted molar refractivity (Wildman–Crippen MR) is 156 cm³/mol. The molecule has 1 aliphatic carbocycles. The molecular weight excluding hydrogens is 717 g/mol. The van der Waals surface area contributed by atoms with Crippen molar-refractivity contribution in [2.24, 2.45) is 0 Å². The molecule has 3 unspecified atom stereocenters. The number of ether oxygens (including phenoxy) is 3. The van der Waals surface area contributed by atoms with Crippen molar-refractivity contribution in [1.29, 1.82) is 0 Å². The second-order valence-corrected chi connectivity index (χ2v) is 15.8. The first-order valence-corrected chi connectivity index (χ1v) is 19.6. The first-order chi connectivity index (χ1) is 22.1. The molecule has 6 N–H and O–H groups in total. The van der Waals surface area contributed by atoms with E-state index >= 15 is 0 Å². The number of rotatable bonds is 21. The molecule has 0 bridgehead atoms. The number of carbonyl (C=O) groups excluding carboxylic acids is 3. The van der Waals surface area contributed by atoms with E-state index in [-0.39, 0.29) is 25.7 Å². The number of carboxylic acids is 3. The van der Waals surface area contributed by atoms with Crippen molar-refractivity contribution in [2.75, 3.05) is 18.5 Å². The Hall–Kier alpha value is -2.73. The van der Waals surface area contributed by atoms with Crippen LogP contribution in [0.5, 0.6) is 0 Å².